The predicted molar refractivity (Wildman–Crippen MR) is 98.8 cm³/mol. The number of aliphatic hydroxyl groups is 1. The van der Waals surface area contributed by atoms with Gasteiger partial charge in [0.25, 0.3) is 0 Å². The lowest BCUT2D eigenvalue weighted by atomic mass is 9.76. The van der Waals surface area contributed by atoms with Crippen molar-refractivity contribution in [2.75, 3.05) is 60.2 Å². The highest BCUT2D eigenvalue weighted by Gasteiger charge is 2.47. The molecule has 2 heterocycles. The van der Waals surface area contributed by atoms with Crippen LogP contribution in [0.25, 0.3) is 0 Å². The normalized spacial score (nSPS) is 26.8. The first-order valence-electron chi connectivity index (χ1n) is 9.39. The average Bonchev–Trinajstić information content (AvgIpc) is 2.98. The van der Waals surface area contributed by atoms with E-state index in [2.05, 4.69) is 48.2 Å². The zero-order chi connectivity index (χ0) is 17.7. The zero-order valence-electron chi connectivity index (χ0n) is 15.6. The SMILES string of the molecule is CN(C)CCCOc1ccc(CN2C[C@@H]3CCOC[C@]3(CO)C2)cc1. The van der Waals surface area contributed by atoms with Gasteiger partial charge in [-0.15, -0.1) is 0 Å². The molecule has 0 spiro atoms. The first kappa shape index (κ1) is 18.6. The Kier molecular flexibility index (Phi) is 6.34. The lowest BCUT2D eigenvalue weighted by Crippen LogP contribution is -2.42. The van der Waals surface area contributed by atoms with E-state index in [1.165, 1.54) is 5.56 Å². The summed E-state index contributed by atoms with van der Waals surface area (Å²) in [6.07, 6.45) is 2.10. The summed E-state index contributed by atoms with van der Waals surface area (Å²) in [6, 6.07) is 8.45. The molecule has 1 N–H and O–H groups in total. The van der Waals surface area contributed by atoms with Gasteiger partial charge < -0.3 is 19.5 Å². The van der Waals surface area contributed by atoms with Crippen LogP contribution in [0.1, 0.15) is 18.4 Å². The molecule has 2 saturated heterocycles. The molecule has 3 rings (SSSR count). The maximum absolute atomic E-state index is 9.88. The molecular weight excluding hydrogens is 316 g/mol. The number of hydrogen-bond donors (Lipinski definition) is 1. The fourth-order valence-electron chi connectivity index (χ4n) is 4.07. The molecule has 25 heavy (non-hydrogen) atoms. The number of rotatable bonds is 8. The van der Waals surface area contributed by atoms with Gasteiger partial charge in [0.15, 0.2) is 0 Å². The van der Waals surface area contributed by atoms with Crippen LogP contribution in [-0.4, -0.2) is 75.1 Å². The summed E-state index contributed by atoms with van der Waals surface area (Å²) in [5.41, 5.74) is 1.25. The summed E-state index contributed by atoms with van der Waals surface area (Å²) in [5, 5.41) is 9.88. The van der Waals surface area contributed by atoms with Gasteiger partial charge in [-0.1, -0.05) is 12.1 Å². The fraction of sp³-hybridized carbons (Fsp3) is 0.700. The molecule has 2 aliphatic rings. The quantitative estimate of drug-likeness (QED) is 0.727. The van der Waals surface area contributed by atoms with Crippen LogP contribution in [-0.2, 0) is 11.3 Å². The smallest absolute Gasteiger partial charge is 0.119 e. The van der Waals surface area contributed by atoms with E-state index in [-0.39, 0.29) is 12.0 Å². The number of fused-ring (bicyclic) bond motifs is 1. The summed E-state index contributed by atoms with van der Waals surface area (Å²) in [4.78, 5) is 4.63. The maximum Gasteiger partial charge on any atom is 0.119 e. The van der Waals surface area contributed by atoms with Crippen LogP contribution in [0.5, 0.6) is 5.75 Å². The van der Waals surface area contributed by atoms with E-state index in [4.69, 9.17) is 9.47 Å². The van der Waals surface area contributed by atoms with Gasteiger partial charge in [-0.05, 0) is 50.6 Å². The van der Waals surface area contributed by atoms with Crippen molar-refractivity contribution in [2.24, 2.45) is 11.3 Å². The Morgan fingerprint density at radius 3 is 2.80 bits per heavy atom. The Balaban J connectivity index is 1.49. The molecule has 2 atom stereocenters. The molecule has 2 aliphatic heterocycles. The zero-order valence-corrected chi connectivity index (χ0v) is 15.6. The first-order chi connectivity index (χ1) is 12.1. The van der Waals surface area contributed by atoms with Crippen molar-refractivity contribution in [1.29, 1.82) is 0 Å². The Morgan fingerprint density at radius 2 is 2.12 bits per heavy atom. The predicted octanol–water partition coefficient (Wildman–Crippen LogP) is 1.85. The van der Waals surface area contributed by atoms with E-state index >= 15 is 0 Å². The highest BCUT2D eigenvalue weighted by molar-refractivity contribution is 5.27. The molecule has 0 aliphatic carbocycles. The Labute approximate surface area is 151 Å². The summed E-state index contributed by atoms with van der Waals surface area (Å²) in [5.74, 6) is 1.50. The van der Waals surface area contributed by atoms with Crippen LogP contribution in [0.4, 0.5) is 0 Å². The van der Waals surface area contributed by atoms with Crippen molar-refractivity contribution in [2.45, 2.75) is 19.4 Å². The third kappa shape index (κ3) is 4.73. The van der Waals surface area contributed by atoms with Gasteiger partial charge in [0.2, 0.25) is 0 Å². The molecule has 2 fully saturated rings. The molecule has 0 aromatic heterocycles. The minimum atomic E-state index is -0.0479. The topological polar surface area (TPSA) is 45.2 Å². The average molecular weight is 348 g/mol. The highest BCUT2D eigenvalue weighted by atomic mass is 16.5. The monoisotopic (exact) mass is 348 g/mol. The lowest BCUT2D eigenvalue weighted by Gasteiger charge is -2.36. The number of likely N-dealkylation sites (tertiary alicyclic amines) is 1. The fourth-order valence-corrected chi connectivity index (χ4v) is 4.07. The Bertz CT molecular complexity index is 534. The molecule has 5 heteroatoms. The number of hydrogen-bond acceptors (Lipinski definition) is 5. The molecule has 0 amide bonds. The maximum atomic E-state index is 9.88. The third-order valence-electron chi connectivity index (χ3n) is 5.55. The summed E-state index contributed by atoms with van der Waals surface area (Å²) in [7, 11) is 4.16. The van der Waals surface area contributed by atoms with Crippen LogP contribution >= 0.6 is 0 Å². The largest absolute Gasteiger partial charge is 0.494 e. The van der Waals surface area contributed by atoms with Gasteiger partial charge in [-0.25, -0.2) is 0 Å². The molecule has 0 bridgehead atoms. The van der Waals surface area contributed by atoms with Crippen LogP contribution in [0.15, 0.2) is 24.3 Å². The molecule has 0 radical (unpaired) electrons. The number of nitrogens with zero attached hydrogens (tertiary/aromatic N) is 2. The van der Waals surface area contributed by atoms with Crippen molar-refractivity contribution in [3.63, 3.8) is 0 Å². The number of ether oxygens (including phenoxy) is 2. The van der Waals surface area contributed by atoms with E-state index in [0.29, 0.717) is 12.5 Å². The number of aliphatic hydroxyl groups excluding tert-OH is 1. The minimum Gasteiger partial charge on any atom is -0.494 e. The molecule has 1 aromatic carbocycles. The second-order valence-corrected chi connectivity index (χ2v) is 7.88. The standard InChI is InChI=1S/C20H32N2O3/c1-21(2)9-3-10-25-19-6-4-17(5-7-19)12-22-13-18-8-11-24-16-20(18,14-22)15-23/h4-7,18,23H,3,8-16H2,1-2H3/t18-,20+/m0/s1. The van der Waals surface area contributed by atoms with E-state index in [1.807, 2.05) is 0 Å². The van der Waals surface area contributed by atoms with Crippen molar-refractivity contribution < 1.29 is 14.6 Å². The van der Waals surface area contributed by atoms with Crippen LogP contribution < -0.4 is 4.74 Å². The van der Waals surface area contributed by atoms with E-state index in [0.717, 1.165) is 58.0 Å². The molecule has 1 aromatic rings. The van der Waals surface area contributed by atoms with Crippen molar-refractivity contribution in [1.82, 2.24) is 9.80 Å². The second kappa shape index (κ2) is 8.49. The molecule has 5 nitrogen and oxygen atoms in total. The third-order valence-corrected chi connectivity index (χ3v) is 5.55. The molecule has 0 saturated carbocycles. The van der Waals surface area contributed by atoms with Gasteiger partial charge in [0, 0.05) is 38.2 Å². The Morgan fingerprint density at radius 1 is 1.32 bits per heavy atom. The van der Waals surface area contributed by atoms with Gasteiger partial charge in [-0.2, -0.15) is 0 Å². The van der Waals surface area contributed by atoms with E-state index in [9.17, 15) is 5.11 Å². The molecule has 140 valence electrons. The van der Waals surface area contributed by atoms with Crippen molar-refractivity contribution in [3.8, 4) is 5.75 Å². The van der Waals surface area contributed by atoms with Gasteiger partial charge in [-0.3, -0.25) is 4.90 Å². The van der Waals surface area contributed by atoms with Gasteiger partial charge in [0.1, 0.15) is 5.75 Å². The van der Waals surface area contributed by atoms with E-state index < -0.39 is 0 Å². The van der Waals surface area contributed by atoms with Gasteiger partial charge >= 0.3 is 0 Å². The summed E-state index contributed by atoms with van der Waals surface area (Å²) >= 11 is 0. The Hall–Kier alpha value is -1.14. The van der Waals surface area contributed by atoms with Crippen LogP contribution in [0.2, 0.25) is 0 Å². The minimum absolute atomic E-state index is 0.0479. The van der Waals surface area contributed by atoms with Crippen molar-refractivity contribution in [3.05, 3.63) is 29.8 Å². The molecular formula is C20H32N2O3. The van der Waals surface area contributed by atoms with E-state index in [1.54, 1.807) is 0 Å². The van der Waals surface area contributed by atoms with Gasteiger partial charge in [0.05, 0.1) is 19.8 Å². The molecule has 0 unspecified atom stereocenters. The second-order valence-electron chi connectivity index (χ2n) is 7.88. The van der Waals surface area contributed by atoms with Crippen LogP contribution in [0.3, 0.4) is 0 Å². The first-order valence-corrected chi connectivity index (χ1v) is 9.39. The summed E-state index contributed by atoms with van der Waals surface area (Å²) < 4.78 is 11.4. The van der Waals surface area contributed by atoms with Crippen LogP contribution in [0, 0.1) is 11.3 Å². The number of benzene rings is 1. The lowest BCUT2D eigenvalue weighted by molar-refractivity contribution is -0.0561. The van der Waals surface area contributed by atoms with Crippen molar-refractivity contribution >= 4 is 0 Å². The summed E-state index contributed by atoms with van der Waals surface area (Å²) in [6.45, 7) is 6.48. The highest BCUT2D eigenvalue weighted by Crippen LogP contribution is 2.41.